The van der Waals surface area contributed by atoms with Gasteiger partial charge in [0.05, 0.1) is 0 Å². The Balaban J connectivity index is 2.15. The number of likely N-dealkylation sites (tertiary alicyclic amines) is 1. The highest BCUT2D eigenvalue weighted by atomic mass is 79.9. The van der Waals surface area contributed by atoms with Crippen LogP contribution >= 0.6 is 27.5 Å². The van der Waals surface area contributed by atoms with E-state index in [4.69, 9.17) is 11.6 Å². The third kappa shape index (κ3) is 3.02. The Kier molecular flexibility index (Phi) is 4.10. The largest absolute Gasteiger partial charge is 0.338 e. The Morgan fingerprint density at radius 1 is 1.53 bits per heavy atom. The predicted octanol–water partition coefficient (Wildman–Crippen LogP) is 3.65. The highest BCUT2D eigenvalue weighted by molar-refractivity contribution is 9.09. The van der Waals surface area contributed by atoms with Gasteiger partial charge >= 0.3 is 0 Å². The molecule has 1 aliphatic heterocycles. The summed E-state index contributed by atoms with van der Waals surface area (Å²) >= 11 is 9.54. The van der Waals surface area contributed by atoms with Crippen LogP contribution in [0, 0.1) is 6.92 Å². The maximum Gasteiger partial charge on any atom is 0.253 e. The van der Waals surface area contributed by atoms with Crippen molar-refractivity contribution in [3.8, 4) is 0 Å². The van der Waals surface area contributed by atoms with Crippen molar-refractivity contribution in [2.24, 2.45) is 0 Å². The molecule has 17 heavy (non-hydrogen) atoms. The van der Waals surface area contributed by atoms with E-state index in [1.54, 1.807) is 12.1 Å². The molecule has 0 saturated carbocycles. The molecule has 1 aromatic rings. The lowest BCUT2D eigenvalue weighted by molar-refractivity contribution is 0.0730. The van der Waals surface area contributed by atoms with Crippen molar-refractivity contribution in [2.75, 3.05) is 13.1 Å². The Labute approximate surface area is 115 Å². The summed E-state index contributed by atoms with van der Waals surface area (Å²) in [7, 11) is 0. The number of hydrogen-bond donors (Lipinski definition) is 0. The van der Waals surface area contributed by atoms with Crippen molar-refractivity contribution in [3.05, 3.63) is 34.3 Å². The minimum atomic E-state index is 0.105. The number of benzene rings is 1. The summed E-state index contributed by atoms with van der Waals surface area (Å²) in [5, 5.41) is 0.707. The number of amides is 1. The van der Waals surface area contributed by atoms with E-state index in [0.717, 1.165) is 37.1 Å². The number of nitrogens with zero attached hydrogens (tertiary/aromatic N) is 1. The summed E-state index contributed by atoms with van der Waals surface area (Å²) in [6, 6.07) is 5.46. The number of aryl methyl sites for hydroxylation is 1. The first-order valence-corrected chi connectivity index (χ1v) is 7.07. The molecular formula is C13H15BrClNO. The monoisotopic (exact) mass is 315 g/mol. The van der Waals surface area contributed by atoms with Crippen molar-refractivity contribution < 1.29 is 4.79 Å². The van der Waals surface area contributed by atoms with E-state index in [1.807, 2.05) is 17.9 Å². The highest BCUT2D eigenvalue weighted by Gasteiger charge is 2.22. The molecule has 1 heterocycles. The topological polar surface area (TPSA) is 20.3 Å². The van der Waals surface area contributed by atoms with Crippen LogP contribution < -0.4 is 0 Å². The first-order chi connectivity index (χ1) is 8.08. The Bertz CT molecular complexity index is 435. The zero-order valence-electron chi connectivity index (χ0n) is 9.75. The van der Waals surface area contributed by atoms with E-state index >= 15 is 0 Å². The van der Waals surface area contributed by atoms with Crippen molar-refractivity contribution in [1.82, 2.24) is 4.90 Å². The van der Waals surface area contributed by atoms with Crippen LogP contribution in [-0.2, 0) is 0 Å². The molecule has 2 nitrogen and oxygen atoms in total. The van der Waals surface area contributed by atoms with Crippen LogP contribution in [0.4, 0.5) is 0 Å². The molecule has 4 heteroatoms. The standard InChI is InChI=1S/C13H15BrClNO/c1-9-7-10(4-5-12(9)15)13(17)16-6-2-3-11(14)8-16/h4-5,7,11H,2-3,6,8H2,1H3. The summed E-state index contributed by atoms with van der Waals surface area (Å²) in [5.74, 6) is 0.105. The lowest BCUT2D eigenvalue weighted by Gasteiger charge is -2.30. The van der Waals surface area contributed by atoms with Crippen LogP contribution in [0.3, 0.4) is 0 Å². The van der Waals surface area contributed by atoms with Gasteiger partial charge < -0.3 is 4.90 Å². The molecule has 0 bridgehead atoms. The summed E-state index contributed by atoms with van der Waals surface area (Å²) in [6.45, 7) is 3.56. The number of piperidine rings is 1. The van der Waals surface area contributed by atoms with Crippen molar-refractivity contribution in [1.29, 1.82) is 0 Å². The van der Waals surface area contributed by atoms with Gasteiger partial charge in [0.15, 0.2) is 0 Å². The summed E-state index contributed by atoms with van der Waals surface area (Å²) < 4.78 is 0. The quantitative estimate of drug-likeness (QED) is 0.724. The van der Waals surface area contributed by atoms with Gasteiger partial charge in [-0.05, 0) is 43.5 Å². The van der Waals surface area contributed by atoms with Crippen molar-refractivity contribution in [2.45, 2.75) is 24.6 Å². The zero-order chi connectivity index (χ0) is 12.4. The van der Waals surface area contributed by atoms with Crippen LogP contribution in [0.5, 0.6) is 0 Å². The van der Waals surface area contributed by atoms with E-state index in [0.29, 0.717) is 9.85 Å². The number of hydrogen-bond acceptors (Lipinski definition) is 1. The van der Waals surface area contributed by atoms with Crippen molar-refractivity contribution >= 4 is 33.4 Å². The SMILES string of the molecule is Cc1cc(C(=O)N2CCCC(Br)C2)ccc1Cl. The van der Waals surface area contributed by atoms with Gasteiger partial charge in [-0.15, -0.1) is 0 Å². The van der Waals surface area contributed by atoms with Gasteiger partial charge in [0.2, 0.25) is 0 Å². The average molecular weight is 317 g/mol. The fraction of sp³-hybridized carbons (Fsp3) is 0.462. The van der Waals surface area contributed by atoms with Crippen molar-refractivity contribution in [3.63, 3.8) is 0 Å². The van der Waals surface area contributed by atoms with E-state index < -0.39 is 0 Å². The van der Waals surface area contributed by atoms with Crippen LogP contribution in [0.15, 0.2) is 18.2 Å². The summed E-state index contributed by atoms with van der Waals surface area (Å²) in [5.41, 5.74) is 1.68. The Hall–Kier alpha value is -0.540. The zero-order valence-corrected chi connectivity index (χ0v) is 12.1. The van der Waals surface area contributed by atoms with Gasteiger partial charge in [-0.2, -0.15) is 0 Å². The number of halogens is 2. The second-order valence-electron chi connectivity index (χ2n) is 4.45. The molecule has 1 aromatic carbocycles. The molecule has 2 rings (SSSR count). The molecule has 0 aliphatic carbocycles. The molecule has 0 N–H and O–H groups in total. The van der Waals surface area contributed by atoms with E-state index in [1.165, 1.54) is 0 Å². The van der Waals surface area contributed by atoms with E-state index in [-0.39, 0.29) is 5.91 Å². The third-order valence-corrected chi connectivity index (χ3v) is 4.23. The molecule has 1 fully saturated rings. The second kappa shape index (κ2) is 5.40. The van der Waals surface area contributed by atoms with Gasteiger partial charge in [-0.3, -0.25) is 4.79 Å². The molecule has 1 aliphatic rings. The molecule has 92 valence electrons. The van der Waals surface area contributed by atoms with Crippen LogP contribution in [-0.4, -0.2) is 28.7 Å². The molecule has 1 atom stereocenters. The molecule has 0 radical (unpaired) electrons. The molecule has 0 spiro atoms. The number of carbonyl (C=O) groups is 1. The highest BCUT2D eigenvalue weighted by Crippen LogP contribution is 2.21. The normalized spacial score (nSPS) is 20.4. The lowest BCUT2D eigenvalue weighted by atomic mass is 10.1. The van der Waals surface area contributed by atoms with Gasteiger partial charge in [-0.1, -0.05) is 27.5 Å². The maximum absolute atomic E-state index is 12.3. The average Bonchev–Trinajstić information content (AvgIpc) is 2.32. The number of alkyl halides is 1. The first kappa shape index (κ1) is 12.9. The summed E-state index contributed by atoms with van der Waals surface area (Å²) in [6.07, 6.45) is 2.21. The Morgan fingerprint density at radius 3 is 2.94 bits per heavy atom. The number of rotatable bonds is 1. The molecule has 1 amide bonds. The fourth-order valence-corrected chi connectivity index (χ4v) is 2.86. The van der Waals surface area contributed by atoms with Crippen LogP contribution in [0.25, 0.3) is 0 Å². The lowest BCUT2D eigenvalue weighted by Crippen LogP contribution is -2.40. The van der Waals surface area contributed by atoms with Crippen LogP contribution in [0.1, 0.15) is 28.8 Å². The second-order valence-corrected chi connectivity index (χ2v) is 6.16. The van der Waals surface area contributed by atoms with Gasteiger partial charge in [0, 0.05) is 28.5 Å². The smallest absolute Gasteiger partial charge is 0.253 e. The minimum Gasteiger partial charge on any atom is -0.338 e. The minimum absolute atomic E-state index is 0.105. The maximum atomic E-state index is 12.3. The molecule has 1 unspecified atom stereocenters. The van der Waals surface area contributed by atoms with E-state index in [9.17, 15) is 4.79 Å². The molecular weight excluding hydrogens is 302 g/mol. The first-order valence-electron chi connectivity index (χ1n) is 5.77. The Morgan fingerprint density at radius 2 is 2.29 bits per heavy atom. The molecule has 1 saturated heterocycles. The van der Waals surface area contributed by atoms with Gasteiger partial charge in [0.25, 0.3) is 5.91 Å². The predicted molar refractivity (Wildman–Crippen MR) is 74.0 cm³/mol. The van der Waals surface area contributed by atoms with Crippen LogP contribution in [0.2, 0.25) is 5.02 Å². The van der Waals surface area contributed by atoms with Gasteiger partial charge in [-0.25, -0.2) is 0 Å². The molecule has 0 aromatic heterocycles. The van der Waals surface area contributed by atoms with Gasteiger partial charge in [0.1, 0.15) is 0 Å². The fourth-order valence-electron chi connectivity index (χ4n) is 2.07. The number of carbonyl (C=O) groups excluding carboxylic acids is 1. The summed E-state index contributed by atoms with van der Waals surface area (Å²) in [4.78, 5) is 14.6. The van der Waals surface area contributed by atoms with E-state index in [2.05, 4.69) is 15.9 Å². The third-order valence-electron chi connectivity index (χ3n) is 3.06.